The lowest BCUT2D eigenvalue weighted by molar-refractivity contribution is -0.123. The van der Waals surface area contributed by atoms with Crippen molar-refractivity contribution in [3.05, 3.63) is 36.0 Å². The molecular weight excluding hydrogens is 346 g/mol. The third-order valence-electron chi connectivity index (χ3n) is 4.32. The van der Waals surface area contributed by atoms with Crippen molar-refractivity contribution in [2.45, 2.75) is 45.4 Å². The van der Waals surface area contributed by atoms with Gasteiger partial charge in [-0.2, -0.15) is 0 Å². The van der Waals surface area contributed by atoms with E-state index in [1.165, 1.54) is 0 Å². The fourth-order valence-electron chi connectivity index (χ4n) is 3.18. The van der Waals surface area contributed by atoms with Gasteiger partial charge in [-0.1, -0.05) is 18.2 Å². The molecule has 2 amide bonds. The van der Waals surface area contributed by atoms with Crippen LogP contribution in [-0.2, 0) is 27.2 Å². The molecule has 0 saturated carbocycles. The van der Waals surface area contributed by atoms with Crippen molar-refractivity contribution in [1.29, 1.82) is 0 Å². The van der Waals surface area contributed by atoms with Crippen LogP contribution in [0.4, 0.5) is 4.79 Å². The van der Waals surface area contributed by atoms with E-state index in [1.807, 2.05) is 24.4 Å². The molecule has 1 aliphatic rings. The molecule has 3 rings (SSSR count). The average Bonchev–Trinajstić information content (AvgIpc) is 2.93. The molecule has 7 heteroatoms. The highest BCUT2D eigenvalue weighted by molar-refractivity contribution is 5.88. The van der Waals surface area contributed by atoms with Crippen LogP contribution in [-0.4, -0.2) is 48.0 Å². The Morgan fingerprint density at radius 2 is 2.07 bits per heavy atom. The number of nitrogens with zero attached hydrogens (tertiary/aromatic N) is 1. The topological polar surface area (TPSA) is 81.6 Å². The molecule has 2 heterocycles. The van der Waals surface area contributed by atoms with E-state index in [0.717, 1.165) is 23.0 Å². The van der Waals surface area contributed by atoms with Gasteiger partial charge < -0.3 is 24.7 Å². The number of rotatable bonds is 1. The summed E-state index contributed by atoms with van der Waals surface area (Å²) in [6.45, 7) is 7.51. The van der Waals surface area contributed by atoms with Crippen LogP contribution < -0.4 is 10.6 Å². The Labute approximate surface area is 159 Å². The van der Waals surface area contributed by atoms with E-state index in [0.29, 0.717) is 26.2 Å². The van der Waals surface area contributed by atoms with Crippen molar-refractivity contribution in [3.8, 4) is 0 Å². The number of aromatic nitrogens is 1. The van der Waals surface area contributed by atoms with Gasteiger partial charge in [-0.25, -0.2) is 4.79 Å². The molecule has 0 saturated heterocycles. The summed E-state index contributed by atoms with van der Waals surface area (Å²) >= 11 is 0. The zero-order valence-corrected chi connectivity index (χ0v) is 16.1. The fourth-order valence-corrected chi connectivity index (χ4v) is 3.18. The number of hydrogen-bond acceptors (Lipinski definition) is 4. The zero-order valence-electron chi connectivity index (χ0n) is 16.1. The SMILES string of the molecule is CC(C)(C)OC(=O)N[C@H]1Cc2cn(c3ccccc23)CCOCCNC1=O. The lowest BCUT2D eigenvalue weighted by Crippen LogP contribution is -2.49. The first kappa shape index (κ1) is 19.2. The zero-order chi connectivity index (χ0) is 19.4. The normalized spacial score (nSPS) is 18.9. The van der Waals surface area contributed by atoms with E-state index >= 15 is 0 Å². The van der Waals surface area contributed by atoms with Gasteiger partial charge >= 0.3 is 6.09 Å². The lowest BCUT2D eigenvalue weighted by Gasteiger charge is -2.23. The summed E-state index contributed by atoms with van der Waals surface area (Å²) in [4.78, 5) is 24.9. The summed E-state index contributed by atoms with van der Waals surface area (Å²) in [5.74, 6) is -0.248. The monoisotopic (exact) mass is 373 g/mol. The highest BCUT2D eigenvalue weighted by Gasteiger charge is 2.26. The standard InChI is InChI=1S/C20H27N3O4/c1-20(2,3)27-19(25)22-16-12-14-13-23(17-7-5-4-6-15(14)17)9-11-26-10-8-21-18(16)24/h4-7,13,16H,8-12H2,1-3H3,(H,21,24)(H,22,25)/t16-/m0/s1. The number of para-hydroxylation sites is 1. The molecule has 7 nitrogen and oxygen atoms in total. The first-order valence-electron chi connectivity index (χ1n) is 9.25. The number of benzene rings is 1. The highest BCUT2D eigenvalue weighted by Crippen LogP contribution is 2.23. The fraction of sp³-hybridized carbons (Fsp3) is 0.500. The first-order valence-corrected chi connectivity index (χ1v) is 9.25. The number of alkyl carbamates (subject to hydrolysis) is 1. The number of fused-ring (bicyclic) bond motifs is 5. The number of amides is 2. The molecule has 2 aromatic rings. The van der Waals surface area contributed by atoms with Gasteiger partial charge in [0.1, 0.15) is 11.6 Å². The summed E-state index contributed by atoms with van der Waals surface area (Å²) in [6.07, 6.45) is 1.82. The van der Waals surface area contributed by atoms with Gasteiger partial charge in [0.2, 0.25) is 5.91 Å². The van der Waals surface area contributed by atoms with E-state index in [2.05, 4.69) is 21.3 Å². The van der Waals surface area contributed by atoms with E-state index < -0.39 is 17.7 Å². The Bertz CT molecular complexity index is 822. The van der Waals surface area contributed by atoms with Crippen molar-refractivity contribution in [3.63, 3.8) is 0 Å². The lowest BCUT2D eigenvalue weighted by atomic mass is 10.0. The van der Waals surface area contributed by atoms with E-state index in [1.54, 1.807) is 20.8 Å². The maximum absolute atomic E-state index is 12.6. The van der Waals surface area contributed by atoms with Crippen LogP contribution in [0.1, 0.15) is 26.3 Å². The van der Waals surface area contributed by atoms with Gasteiger partial charge in [-0.05, 0) is 32.4 Å². The maximum atomic E-state index is 12.6. The summed E-state index contributed by atoms with van der Waals surface area (Å²) in [5.41, 5.74) is 1.46. The maximum Gasteiger partial charge on any atom is 0.408 e. The molecule has 0 fully saturated rings. The Hall–Kier alpha value is -2.54. The second-order valence-electron chi connectivity index (χ2n) is 7.67. The number of ether oxygens (including phenoxy) is 2. The molecule has 1 aromatic heterocycles. The molecule has 2 N–H and O–H groups in total. The van der Waals surface area contributed by atoms with Crippen molar-refractivity contribution >= 4 is 22.9 Å². The third-order valence-corrected chi connectivity index (χ3v) is 4.32. The Kier molecular flexibility index (Phi) is 5.70. The van der Waals surface area contributed by atoms with Crippen molar-refractivity contribution in [2.24, 2.45) is 0 Å². The van der Waals surface area contributed by atoms with Gasteiger partial charge in [-0.15, -0.1) is 0 Å². The van der Waals surface area contributed by atoms with Crippen molar-refractivity contribution in [1.82, 2.24) is 15.2 Å². The molecule has 1 atom stereocenters. The summed E-state index contributed by atoms with van der Waals surface area (Å²) in [7, 11) is 0. The summed E-state index contributed by atoms with van der Waals surface area (Å²) in [6, 6.07) is 7.32. The Balaban J connectivity index is 1.89. The van der Waals surface area contributed by atoms with Gasteiger partial charge in [-0.3, -0.25) is 4.79 Å². The first-order chi connectivity index (χ1) is 12.8. The molecule has 1 aromatic carbocycles. The number of nitrogens with one attached hydrogen (secondary N) is 2. The van der Waals surface area contributed by atoms with Crippen LogP contribution in [0.5, 0.6) is 0 Å². The number of carbonyl (C=O) groups is 2. The highest BCUT2D eigenvalue weighted by atomic mass is 16.6. The molecule has 0 spiro atoms. The Morgan fingerprint density at radius 3 is 2.85 bits per heavy atom. The van der Waals surface area contributed by atoms with Crippen LogP contribution in [0, 0.1) is 0 Å². The van der Waals surface area contributed by atoms with Gasteiger partial charge in [0.25, 0.3) is 0 Å². The van der Waals surface area contributed by atoms with Gasteiger partial charge in [0, 0.05) is 36.6 Å². The predicted octanol–water partition coefficient (Wildman–Crippen LogP) is 2.22. The molecule has 0 aliphatic carbocycles. The molecule has 0 radical (unpaired) electrons. The second-order valence-corrected chi connectivity index (χ2v) is 7.67. The smallest absolute Gasteiger partial charge is 0.408 e. The largest absolute Gasteiger partial charge is 0.444 e. The molecule has 27 heavy (non-hydrogen) atoms. The summed E-state index contributed by atoms with van der Waals surface area (Å²) < 4.78 is 13.1. The van der Waals surface area contributed by atoms with Gasteiger partial charge in [0.15, 0.2) is 0 Å². The summed E-state index contributed by atoms with van der Waals surface area (Å²) in [5, 5.41) is 6.61. The molecule has 146 valence electrons. The molecule has 0 unspecified atom stereocenters. The Morgan fingerprint density at radius 1 is 1.30 bits per heavy atom. The third kappa shape index (κ3) is 5.01. The van der Waals surface area contributed by atoms with E-state index in [4.69, 9.17) is 9.47 Å². The number of carbonyl (C=O) groups excluding carboxylic acids is 2. The van der Waals surface area contributed by atoms with Crippen LogP contribution >= 0.6 is 0 Å². The minimum absolute atomic E-state index is 0.248. The minimum Gasteiger partial charge on any atom is -0.444 e. The second kappa shape index (κ2) is 8.00. The van der Waals surface area contributed by atoms with Crippen LogP contribution in [0.15, 0.2) is 30.5 Å². The molecular formula is C20H27N3O4. The van der Waals surface area contributed by atoms with Crippen LogP contribution in [0.2, 0.25) is 0 Å². The van der Waals surface area contributed by atoms with Crippen LogP contribution in [0.3, 0.4) is 0 Å². The van der Waals surface area contributed by atoms with E-state index in [9.17, 15) is 9.59 Å². The molecule has 2 bridgehead atoms. The predicted molar refractivity (Wildman–Crippen MR) is 103 cm³/mol. The van der Waals surface area contributed by atoms with Crippen molar-refractivity contribution < 1.29 is 19.1 Å². The number of hydrogen-bond donors (Lipinski definition) is 2. The van der Waals surface area contributed by atoms with Crippen molar-refractivity contribution in [2.75, 3.05) is 19.8 Å². The van der Waals surface area contributed by atoms with E-state index in [-0.39, 0.29) is 5.91 Å². The van der Waals surface area contributed by atoms with Crippen LogP contribution in [0.25, 0.3) is 10.9 Å². The quantitative estimate of drug-likeness (QED) is 0.803. The molecule has 1 aliphatic heterocycles. The minimum atomic E-state index is -0.724. The average molecular weight is 373 g/mol. The van der Waals surface area contributed by atoms with Gasteiger partial charge in [0.05, 0.1) is 13.2 Å².